The minimum atomic E-state index is -5.30. The molecule has 0 heterocycles. The molecule has 0 fully saturated rings. The van der Waals surface area contributed by atoms with E-state index in [2.05, 4.69) is 10.1 Å². The third kappa shape index (κ3) is 5.52. The van der Waals surface area contributed by atoms with Gasteiger partial charge in [0, 0.05) is 6.42 Å². The number of ether oxygens (including phenoxy) is 1. The second-order valence-electron chi connectivity index (χ2n) is 4.22. The Hall–Kier alpha value is -2.42. The van der Waals surface area contributed by atoms with Crippen molar-refractivity contribution in [1.82, 2.24) is 5.32 Å². The number of hydrogen-bond acceptors (Lipinski definition) is 5. The van der Waals surface area contributed by atoms with E-state index in [-0.39, 0.29) is 6.42 Å². The Balaban J connectivity index is 2.83. The summed E-state index contributed by atoms with van der Waals surface area (Å²) in [5, 5.41) is 2.11. The summed E-state index contributed by atoms with van der Waals surface area (Å²) >= 11 is 0. The first-order valence-electron chi connectivity index (χ1n) is 6.10. The van der Waals surface area contributed by atoms with E-state index in [0.29, 0.717) is 5.56 Å². The predicted molar refractivity (Wildman–Crippen MR) is 68.3 cm³/mol. The van der Waals surface area contributed by atoms with Crippen LogP contribution in [0.5, 0.6) is 0 Å². The maximum Gasteiger partial charge on any atom is 0.491 e. The van der Waals surface area contributed by atoms with Crippen LogP contribution in [0.2, 0.25) is 0 Å². The summed E-state index contributed by atoms with van der Waals surface area (Å²) in [6.45, 7) is -0.466. The Kier molecular flexibility index (Phi) is 6.05. The fraction of sp³-hybridized carbons (Fsp3) is 0.308. The first-order valence-corrected chi connectivity index (χ1v) is 6.10. The van der Waals surface area contributed by atoms with Gasteiger partial charge in [0.15, 0.2) is 0 Å². The van der Waals surface area contributed by atoms with E-state index in [0.717, 1.165) is 0 Å². The first-order chi connectivity index (χ1) is 10.2. The average molecular weight is 318 g/mol. The molecule has 0 aliphatic carbocycles. The van der Waals surface area contributed by atoms with Crippen molar-refractivity contribution in [2.75, 3.05) is 6.54 Å². The van der Waals surface area contributed by atoms with Crippen LogP contribution in [0, 0.1) is 0 Å². The molecule has 0 radical (unpaired) electrons. The summed E-state index contributed by atoms with van der Waals surface area (Å²) in [5.74, 6) is -4.91. The highest BCUT2D eigenvalue weighted by atomic mass is 19.4. The zero-order chi connectivity index (χ0) is 16.8. The second kappa shape index (κ2) is 7.55. The van der Waals surface area contributed by atoms with Crippen LogP contribution >= 0.6 is 0 Å². The molecule has 1 amide bonds. The molecule has 9 heteroatoms. The maximum absolute atomic E-state index is 12.1. The van der Waals surface area contributed by atoms with Crippen LogP contribution in [0.4, 0.5) is 13.2 Å². The Morgan fingerprint density at radius 2 is 1.77 bits per heavy atom. The molecule has 6 nitrogen and oxygen atoms in total. The van der Waals surface area contributed by atoms with E-state index in [4.69, 9.17) is 5.73 Å². The molecule has 22 heavy (non-hydrogen) atoms. The molecule has 1 rings (SSSR count). The molecule has 0 aliphatic rings. The van der Waals surface area contributed by atoms with Crippen molar-refractivity contribution in [1.29, 1.82) is 0 Å². The number of hydrogen-bond donors (Lipinski definition) is 2. The van der Waals surface area contributed by atoms with Gasteiger partial charge in [-0.15, -0.1) is 0 Å². The van der Waals surface area contributed by atoms with E-state index in [1.165, 1.54) is 0 Å². The number of halogens is 3. The van der Waals surface area contributed by atoms with Gasteiger partial charge in [-0.05, 0) is 5.56 Å². The second-order valence-corrected chi connectivity index (χ2v) is 4.22. The molecule has 0 saturated carbocycles. The van der Waals surface area contributed by atoms with Gasteiger partial charge in [0.1, 0.15) is 6.04 Å². The van der Waals surface area contributed by atoms with Gasteiger partial charge in [0.2, 0.25) is 5.91 Å². The van der Waals surface area contributed by atoms with Crippen molar-refractivity contribution in [3.63, 3.8) is 0 Å². The van der Waals surface area contributed by atoms with Gasteiger partial charge < -0.3 is 15.8 Å². The molecule has 0 bridgehead atoms. The average Bonchev–Trinajstić information content (AvgIpc) is 2.46. The Morgan fingerprint density at radius 3 is 2.27 bits per heavy atom. The molecule has 0 spiro atoms. The lowest BCUT2D eigenvalue weighted by Crippen LogP contribution is -2.47. The topological polar surface area (TPSA) is 98.5 Å². The van der Waals surface area contributed by atoms with Gasteiger partial charge >= 0.3 is 18.1 Å². The molecular weight excluding hydrogens is 305 g/mol. The SMILES string of the molecule is NCC(=O)N[C@@H](Cc1ccccc1)C(=O)OC(=O)C(F)(F)F. The Labute approximate surface area is 123 Å². The van der Waals surface area contributed by atoms with Crippen molar-refractivity contribution in [2.24, 2.45) is 5.73 Å². The zero-order valence-electron chi connectivity index (χ0n) is 11.2. The maximum atomic E-state index is 12.1. The van der Waals surface area contributed by atoms with E-state index < -0.39 is 36.6 Å². The van der Waals surface area contributed by atoms with Crippen molar-refractivity contribution in [2.45, 2.75) is 18.6 Å². The van der Waals surface area contributed by atoms with Gasteiger partial charge in [-0.3, -0.25) is 4.79 Å². The third-order valence-corrected chi connectivity index (χ3v) is 2.51. The third-order valence-electron chi connectivity index (χ3n) is 2.51. The lowest BCUT2D eigenvalue weighted by molar-refractivity contribution is -0.202. The quantitative estimate of drug-likeness (QED) is 0.601. The van der Waals surface area contributed by atoms with Crippen molar-refractivity contribution in [3.05, 3.63) is 35.9 Å². The Morgan fingerprint density at radius 1 is 1.18 bits per heavy atom. The molecular formula is C13H13F3N2O4. The predicted octanol–water partition coefficient (Wildman–Crippen LogP) is 0.305. The number of rotatable bonds is 5. The van der Waals surface area contributed by atoms with Crippen LogP contribution in [0.1, 0.15) is 5.56 Å². The summed E-state index contributed by atoms with van der Waals surface area (Å²) in [6.07, 6.45) is -5.44. The molecule has 3 N–H and O–H groups in total. The molecule has 0 aliphatic heterocycles. The molecule has 120 valence electrons. The summed E-state index contributed by atoms with van der Waals surface area (Å²) in [6, 6.07) is 6.72. The summed E-state index contributed by atoms with van der Waals surface area (Å²) in [4.78, 5) is 33.6. The van der Waals surface area contributed by atoms with E-state index >= 15 is 0 Å². The zero-order valence-corrected chi connectivity index (χ0v) is 11.2. The highest BCUT2D eigenvalue weighted by Gasteiger charge is 2.43. The molecule has 1 atom stereocenters. The molecule has 1 aromatic carbocycles. The standard InChI is InChI=1S/C13H13F3N2O4/c14-13(15,16)12(21)22-11(20)9(18-10(19)7-17)6-8-4-2-1-3-5-8/h1-5,9H,6-7,17H2,(H,18,19)/t9-/m0/s1. The fourth-order valence-corrected chi connectivity index (χ4v) is 1.52. The van der Waals surface area contributed by atoms with Gasteiger partial charge in [-0.1, -0.05) is 30.3 Å². The number of carbonyl (C=O) groups is 3. The van der Waals surface area contributed by atoms with Crippen LogP contribution in [-0.2, 0) is 25.5 Å². The van der Waals surface area contributed by atoms with Crippen LogP contribution in [0.3, 0.4) is 0 Å². The number of nitrogens with two attached hydrogens (primary N) is 1. The Bertz CT molecular complexity index is 546. The minimum absolute atomic E-state index is 0.142. The van der Waals surface area contributed by atoms with Crippen LogP contribution < -0.4 is 11.1 Å². The van der Waals surface area contributed by atoms with E-state index in [1.54, 1.807) is 30.3 Å². The van der Waals surface area contributed by atoms with Gasteiger partial charge in [0.05, 0.1) is 6.54 Å². The lowest BCUT2D eigenvalue weighted by Gasteiger charge is -2.17. The fourth-order valence-electron chi connectivity index (χ4n) is 1.52. The van der Waals surface area contributed by atoms with Gasteiger partial charge in [-0.25, -0.2) is 9.59 Å². The van der Waals surface area contributed by atoms with E-state index in [1.807, 2.05) is 0 Å². The first kappa shape index (κ1) is 17.6. The largest absolute Gasteiger partial charge is 0.491 e. The number of benzene rings is 1. The molecule has 0 unspecified atom stereocenters. The summed E-state index contributed by atoms with van der Waals surface area (Å²) in [5.41, 5.74) is 5.63. The molecule has 0 aromatic heterocycles. The lowest BCUT2D eigenvalue weighted by atomic mass is 10.1. The van der Waals surface area contributed by atoms with Gasteiger partial charge in [0.25, 0.3) is 0 Å². The highest BCUT2D eigenvalue weighted by molar-refractivity contribution is 5.93. The number of amides is 1. The van der Waals surface area contributed by atoms with E-state index in [9.17, 15) is 27.6 Å². The number of alkyl halides is 3. The highest BCUT2D eigenvalue weighted by Crippen LogP contribution is 2.17. The van der Waals surface area contributed by atoms with Crippen molar-refractivity contribution >= 4 is 17.8 Å². The molecule has 1 aromatic rings. The number of nitrogens with one attached hydrogen (secondary N) is 1. The van der Waals surface area contributed by atoms with Crippen LogP contribution in [0.15, 0.2) is 30.3 Å². The molecule has 0 saturated heterocycles. The normalized spacial score (nSPS) is 12.4. The van der Waals surface area contributed by atoms with Crippen LogP contribution in [0.25, 0.3) is 0 Å². The smallest absolute Gasteiger partial charge is 0.385 e. The monoisotopic (exact) mass is 318 g/mol. The van der Waals surface area contributed by atoms with Crippen LogP contribution in [-0.4, -0.2) is 36.6 Å². The number of carbonyl (C=O) groups excluding carboxylic acids is 3. The summed E-state index contributed by atoms with van der Waals surface area (Å²) < 4.78 is 40.0. The van der Waals surface area contributed by atoms with Gasteiger partial charge in [-0.2, -0.15) is 13.2 Å². The summed E-state index contributed by atoms with van der Waals surface area (Å²) in [7, 11) is 0. The minimum Gasteiger partial charge on any atom is -0.385 e. The van der Waals surface area contributed by atoms with Crippen molar-refractivity contribution in [3.8, 4) is 0 Å². The number of esters is 2. The van der Waals surface area contributed by atoms with Crippen molar-refractivity contribution < 1.29 is 32.3 Å².